The predicted octanol–water partition coefficient (Wildman–Crippen LogP) is 4.98. The summed E-state index contributed by atoms with van der Waals surface area (Å²) < 4.78 is 0. The van der Waals surface area contributed by atoms with Crippen LogP contribution in [0.2, 0.25) is 0 Å². The van der Waals surface area contributed by atoms with E-state index in [0.717, 1.165) is 30.9 Å². The average molecular weight is 290 g/mol. The molecule has 0 radical (unpaired) electrons. The molecule has 106 valence electrons. The normalized spacial score (nSPS) is 21.1. The zero-order valence-electron chi connectivity index (χ0n) is 11.4. The Balaban J connectivity index is 2.10. The first-order valence-electron chi connectivity index (χ1n) is 7.25. The van der Waals surface area contributed by atoms with Gasteiger partial charge in [0.2, 0.25) is 0 Å². The van der Waals surface area contributed by atoms with E-state index in [4.69, 9.17) is 0 Å². The van der Waals surface area contributed by atoms with Crippen LogP contribution in [0, 0.1) is 5.92 Å². The van der Waals surface area contributed by atoms with E-state index in [1.165, 1.54) is 37.9 Å². The molecule has 0 aromatic rings. The van der Waals surface area contributed by atoms with E-state index in [2.05, 4.69) is 6.92 Å². The molecule has 0 aromatic carbocycles. The smallest absolute Gasteiger partial charge is 0.306 e. The van der Waals surface area contributed by atoms with Crippen molar-refractivity contribution in [2.24, 2.45) is 5.92 Å². The van der Waals surface area contributed by atoms with Crippen LogP contribution in [0.15, 0.2) is 0 Å². The van der Waals surface area contributed by atoms with E-state index in [-0.39, 0.29) is 5.92 Å². The maximum atomic E-state index is 11.2. The maximum absolute atomic E-state index is 11.2. The van der Waals surface area contributed by atoms with Gasteiger partial charge in [-0.25, -0.2) is 0 Å². The van der Waals surface area contributed by atoms with Gasteiger partial charge in [-0.15, -0.1) is 0 Å². The summed E-state index contributed by atoms with van der Waals surface area (Å²) in [4.78, 5) is 11.2. The number of carbonyl (C=O) groups is 1. The van der Waals surface area contributed by atoms with Gasteiger partial charge in [-0.2, -0.15) is 0 Å². The molecule has 2 nitrogen and oxygen atoms in total. The van der Waals surface area contributed by atoms with Crippen LogP contribution in [0.25, 0.3) is 0 Å². The van der Waals surface area contributed by atoms with Gasteiger partial charge >= 0.3 is 5.97 Å². The van der Waals surface area contributed by atoms with Gasteiger partial charge in [-0.05, 0) is 25.7 Å². The van der Waals surface area contributed by atoms with Crippen LogP contribution >= 0.6 is 21.6 Å². The van der Waals surface area contributed by atoms with Crippen LogP contribution in [0.1, 0.15) is 64.7 Å². The fourth-order valence-electron chi connectivity index (χ4n) is 2.37. The zero-order valence-corrected chi connectivity index (χ0v) is 13.0. The molecule has 4 heteroatoms. The first kappa shape index (κ1) is 16.2. The number of aliphatic carboxylic acids is 1. The van der Waals surface area contributed by atoms with E-state index in [0.29, 0.717) is 0 Å². The Labute approximate surface area is 119 Å². The molecule has 18 heavy (non-hydrogen) atoms. The zero-order chi connectivity index (χ0) is 13.2. The van der Waals surface area contributed by atoms with Crippen LogP contribution in [0.4, 0.5) is 0 Å². The molecule has 1 rings (SSSR count). The molecule has 1 fully saturated rings. The van der Waals surface area contributed by atoms with Crippen LogP contribution in [0.5, 0.6) is 0 Å². The van der Waals surface area contributed by atoms with Gasteiger partial charge in [0.1, 0.15) is 0 Å². The summed E-state index contributed by atoms with van der Waals surface area (Å²) >= 11 is 0. The Morgan fingerprint density at radius 3 is 2.67 bits per heavy atom. The highest BCUT2D eigenvalue weighted by Gasteiger charge is 2.20. The number of carboxylic acids is 1. The van der Waals surface area contributed by atoms with Gasteiger partial charge in [-0.3, -0.25) is 4.79 Å². The van der Waals surface area contributed by atoms with Crippen LogP contribution in [-0.4, -0.2) is 22.1 Å². The van der Waals surface area contributed by atoms with Crippen molar-refractivity contribution in [2.45, 2.75) is 70.0 Å². The number of unbranched alkanes of at least 4 members (excludes halogenated alkanes) is 3. The van der Waals surface area contributed by atoms with Gasteiger partial charge < -0.3 is 5.11 Å². The summed E-state index contributed by atoms with van der Waals surface area (Å²) in [5.74, 6) is 0.593. The van der Waals surface area contributed by atoms with Crippen molar-refractivity contribution in [1.29, 1.82) is 0 Å². The van der Waals surface area contributed by atoms with Crippen molar-refractivity contribution in [1.82, 2.24) is 0 Å². The SMILES string of the molecule is CCCCCCC(CCCC1CCSS1)C(=O)O. The minimum absolute atomic E-state index is 0.0964. The largest absolute Gasteiger partial charge is 0.481 e. The lowest BCUT2D eigenvalue weighted by Crippen LogP contribution is -2.14. The highest BCUT2D eigenvalue weighted by Crippen LogP contribution is 2.40. The standard InChI is InChI=1S/C14H26O2S2/c1-2-3-4-5-7-12(14(15)16)8-6-9-13-10-11-17-18-13/h12-13H,2-11H2,1H3,(H,15,16). The second-order valence-corrected chi connectivity index (χ2v) is 7.93. The van der Waals surface area contributed by atoms with Gasteiger partial charge in [0.15, 0.2) is 0 Å². The summed E-state index contributed by atoms with van der Waals surface area (Å²) in [6, 6.07) is 0. The summed E-state index contributed by atoms with van der Waals surface area (Å²) in [6.07, 6.45) is 10.1. The van der Waals surface area contributed by atoms with E-state index >= 15 is 0 Å². The molecular weight excluding hydrogens is 264 g/mol. The summed E-state index contributed by atoms with van der Waals surface area (Å²) in [6.45, 7) is 2.19. The quantitative estimate of drug-likeness (QED) is 0.455. The van der Waals surface area contributed by atoms with Gasteiger partial charge in [0.25, 0.3) is 0 Å². The third-order valence-corrected chi connectivity index (χ3v) is 6.57. The Hall–Kier alpha value is 0.170. The lowest BCUT2D eigenvalue weighted by atomic mass is 9.94. The van der Waals surface area contributed by atoms with Gasteiger partial charge in [-0.1, -0.05) is 60.6 Å². The van der Waals surface area contributed by atoms with Crippen molar-refractivity contribution in [3.8, 4) is 0 Å². The van der Waals surface area contributed by atoms with E-state index in [1.807, 2.05) is 21.6 Å². The second kappa shape index (κ2) is 10.0. The molecule has 0 bridgehead atoms. The average Bonchev–Trinajstić information content (AvgIpc) is 2.85. The molecule has 1 aliphatic heterocycles. The van der Waals surface area contributed by atoms with Crippen LogP contribution in [-0.2, 0) is 4.79 Å². The molecule has 0 aromatic heterocycles. The molecule has 1 heterocycles. The number of carboxylic acid groups (broad SMARTS) is 1. The summed E-state index contributed by atoms with van der Waals surface area (Å²) in [5, 5.41) is 9.99. The fraction of sp³-hybridized carbons (Fsp3) is 0.929. The first-order valence-corrected chi connectivity index (χ1v) is 9.63. The van der Waals surface area contributed by atoms with E-state index < -0.39 is 5.97 Å². The van der Waals surface area contributed by atoms with Crippen molar-refractivity contribution < 1.29 is 9.90 Å². The Morgan fingerprint density at radius 1 is 1.28 bits per heavy atom. The molecule has 2 unspecified atom stereocenters. The van der Waals surface area contributed by atoms with Crippen molar-refractivity contribution >= 4 is 27.6 Å². The summed E-state index contributed by atoms with van der Waals surface area (Å²) in [7, 11) is 3.96. The minimum Gasteiger partial charge on any atom is -0.481 e. The molecule has 1 aliphatic rings. The van der Waals surface area contributed by atoms with Crippen molar-refractivity contribution in [3.05, 3.63) is 0 Å². The van der Waals surface area contributed by atoms with Crippen LogP contribution in [0.3, 0.4) is 0 Å². The molecule has 1 N–H and O–H groups in total. The number of hydrogen-bond donors (Lipinski definition) is 1. The lowest BCUT2D eigenvalue weighted by molar-refractivity contribution is -0.142. The molecule has 1 saturated heterocycles. The van der Waals surface area contributed by atoms with Gasteiger partial charge in [0.05, 0.1) is 5.92 Å². The Kier molecular flexibility index (Phi) is 9.03. The second-order valence-electron chi connectivity index (χ2n) is 5.14. The highest BCUT2D eigenvalue weighted by molar-refractivity contribution is 8.77. The first-order chi connectivity index (χ1) is 8.74. The predicted molar refractivity (Wildman–Crippen MR) is 82.2 cm³/mol. The summed E-state index contributed by atoms with van der Waals surface area (Å²) in [5.41, 5.74) is 0. The Morgan fingerprint density at radius 2 is 2.06 bits per heavy atom. The fourth-order valence-corrected chi connectivity index (χ4v) is 5.39. The molecular formula is C14H26O2S2. The molecule has 0 spiro atoms. The monoisotopic (exact) mass is 290 g/mol. The molecule has 0 amide bonds. The lowest BCUT2D eigenvalue weighted by Gasteiger charge is -2.13. The third-order valence-electron chi connectivity index (χ3n) is 3.56. The van der Waals surface area contributed by atoms with E-state index in [1.54, 1.807) is 0 Å². The molecule has 2 atom stereocenters. The van der Waals surface area contributed by atoms with Crippen molar-refractivity contribution in [2.75, 3.05) is 5.75 Å². The van der Waals surface area contributed by atoms with E-state index in [9.17, 15) is 9.90 Å². The van der Waals surface area contributed by atoms with Gasteiger partial charge in [0, 0.05) is 11.0 Å². The molecule has 0 saturated carbocycles. The maximum Gasteiger partial charge on any atom is 0.306 e. The third kappa shape index (κ3) is 6.93. The number of hydrogen-bond acceptors (Lipinski definition) is 3. The minimum atomic E-state index is -0.583. The Bertz CT molecular complexity index is 228. The highest BCUT2D eigenvalue weighted by atomic mass is 33.1. The number of rotatable bonds is 10. The van der Waals surface area contributed by atoms with Crippen LogP contribution < -0.4 is 0 Å². The topological polar surface area (TPSA) is 37.3 Å². The molecule has 0 aliphatic carbocycles. The van der Waals surface area contributed by atoms with Crippen molar-refractivity contribution in [3.63, 3.8) is 0 Å².